The number of hydrogen-bond acceptors (Lipinski definition) is 4. The normalized spacial score (nSPS) is 12.3. The van der Waals surface area contributed by atoms with Crippen molar-refractivity contribution < 1.29 is 24.5 Å². The van der Waals surface area contributed by atoms with E-state index in [0.29, 0.717) is 11.6 Å². The van der Waals surface area contributed by atoms with Gasteiger partial charge in [-0.25, -0.2) is 9.59 Å². The van der Waals surface area contributed by atoms with Gasteiger partial charge in [0.15, 0.2) is 0 Å². The van der Waals surface area contributed by atoms with Gasteiger partial charge >= 0.3 is 11.9 Å². The smallest absolute Gasteiger partial charge is 0.331 e. The van der Waals surface area contributed by atoms with E-state index < -0.39 is 18.0 Å². The SMILES string of the molecule is O=C(O)/C=C/C(=O)OCC(O)c1ccccc1. The summed E-state index contributed by atoms with van der Waals surface area (Å²) < 4.78 is 4.67. The quantitative estimate of drug-likeness (QED) is 0.586. The molecule has 5 heteroatoms. The Balaban J connectivity index is 2.41. The summed E-state index contributed by atoms with van der Waals surface area (Å²) in [5, 5.41) is 17.9. The van der Waals surface area contributed by atoms with Gasteiger partial charge in [-0.1, -0.05) is 30.3 Å². The van der Waals surface area contributed by atoms with Crippen LogP contribution in [-0.4, -0.2) is 28.8 Å². The first-order valence-electron chi connectivity index (χ1n) is 4.90. The maximum absolute atomic E-state index is 11.0. The molecule has 0 saturated carbocycles. The molecule has 2 N–H and O–H groups in total. The first-order valence-corrected chi connectivity index (χ1v) is 4.90. The van der Waals surface area contributed by atoms with Crippen LogP contribution in [-0.2, 0) is 14.3 Å². The van der Waals surface area contributed by atoms with Crippen molar-refractivity contribution in [3.63, 3.8) is 0 Å². The third kappa shape index (κ3) is 4.94. The predicted octanol–water partition coefficient (Wildman–Crippen LogP) is 0.904. The van der Waals surface area contributed by atoms with Crippen LogP contribution in [0.3, 0.4) is 0 Å². The maximum Gasteiger partial charge on any atom is 0.331 e. The Bertz CT molecular complexity index is 410. The fourth-order valence-electron chi connectivity index (χ4n) is 1.12. The minimum absolute atomic E-state index is 0.215. The molecule has 0 spiro atoms. The molecule has 0 radical (unpaired) electrons. The van der Waals surface area contributed by atoms with Gasteiger partial charge in [0.1, 0.15) is 12.7 Å². The molecule has 1 aromatic rings. The molecule has 0 heterocycles. The molecule has 1 unspecified atom stereocenters. The minimum Gasteiger partial charge on any atom is -0.478 e. The van der Waals surface area contributed by atoms with Gasteiger partial charge in [0.25, 0.3) is 0 Å². The number of esters is 1. The van der Waals surface area contributed by atoms with E-state index in [-0.39, 0.29) is 6.61 Å². The molecule has 5 nitrogen and oxygen atoms in total. The van der Waals surface area contributed by atoms with E-state index in [9.17, 15) is 14.7 Å². The average Bonchev–Trinajstić information content (AvgIpc) is 2.34. The Labute approximate surface area is 98.0 Å². The van der Waals surface area contributed by atoms with Crippen LogP contribution in [0, 0.1) is 0 Å². The highest BCUT2D eigenvalue weighted by Crippen LogP contribution is 2.11. The van der Waals surface area contributed by atoms with Crippen molar-refractivity contribution in [3.05, 3.63) is 48.0 Å². The van der Waals surface area contributed by atoms with Crippen LogP contribution in [0.5, 0.6) is 0 Å². The molecule has 1 aromatic carbocycles. The molecule has 0 aliphatic rings. The van der Waals surface area contributed by atoms with E-state index in [4.69, 9.17) is 5.11 Å². The molecule has 1 atom stereocenters. The van der Waals surface area contributed by atoms with Gasteiger partial charge in [-0.05, 0) is 5.56 Å². The zero-order valence-electron chi connectivity index (χ0n) is 8.95. The summed E-state index contributed by atoms with van der Waals surface area (Å²) >= 11 is 0. The number of carbonyl (C=O) groups is 2. The Morgan fingerprint density at radius 3 is 2.47 bits per heavy atom. The number of carbonyl (C=O) groups excluding carboxylic acids is 1. The second-order valence-corrected chi connectivity index (χ2v) is 3.23. The summed E-state index contributed by atoms with van der Waals surface area (Å²) in [5.41, 5.74) is 0.627. The number of rotatable bonds is 5. The minimum atomic E-state index is -1.23. The molecule has 0 bridgehead atoms. The van der Waals surface area contributed by atoms with Gasteiger partial charge in [0.05, 0.1) is 0 Å². The molecule has 90 valence electrons. The monoisotopic (exact) mass is 236 g/mol. The molecule has 17 heavy (non-hydrogen) atoms. The standard InChI is InChI=1S/C12H12O5/c13-10(9-4-2-1-3-5-9)8-17-12(16)7-6-11(14)15/h1-7,10,13H,8H2,(H,14,15)/b7-6+. The summed E-state index contributed by atoms with van der Waals surface area (Å²) in [4.78, 5) is 21.1. The molecule has 1 rings (SSSR count). The predicted molar refractivity (Wildman–Crippen MR) is 59.1 cm³/mol. The van der Waals surface area contributed by atoms with E-state index in [1.807, 2.05) is 0 Å². The van der Waals surface area contributed by atoms with Crippen molar-refractivity contribution in [1.82, 2.24) is 0 Å². The third-order valence-corrected chi connectivity index (χ3v) is 1.93. The van der Waals surface area contributed by atoms with E-state index in [2.05, 4.69) is 4.74 Å². The van der Waals surface area contributed by atoms with Gasteiger partial charge in [0.2, 0.25) is 0 Å². The fraction of sp³-hybridized carbons (Fsp3) is 0.167. The topological polar surface area (TPSA) is 83.8 Å². The van der Waals surface area contributed by atoms with Crippen LogP contribution in [0.4, 0.5) is 0 Å². The molecular formula is C12H12O5. The van der Waals surface area contributed by atoms with Crippen molar-refractivity contribution in [2.24, 2.45) is 0 Å². The second kappa shape index (κ2) is 6.44. The highest BCUT2D eigenvalue weighted by Gasteiger charge is 2.09. The molecule has 0 saturated heterocycles. The summed E-state index contributed by atoms with van der Waals surface area (Å²) in [6, 6.07) is 8.71. The van der Waals surface area contributed by atoms with Crippen LogP contribution in [0.15, 0.2) is 42.5 Å². The Morgan fingerprint density at radius 1 is 1.24 bits per heavy atom. The maximum atomic E-state index is 11.0. The first-order chi connectivity index (χ1) is 8.09. The Morgan fingerprint density at radius 2 is 1.88 bits per heavy atom. The van der Waals surface area contributed by atoms with Gasteiger partial charge in [-0.2, -0.15) is 0 Å². The van der Waals surface area contributed by atoms with Crippen molar-refractivity contribution in [1.29, 1.82) is 0 Å². The van der Waals surface area contributed by atoms with E-state index in [1.54, 1.807) is 30.3 Å². The third-order valence-electron chi connectivity index (χ3n) is 1.93. The van der Waals surface area contributed by atoms with Crippen molar-refractivity contribution in [2.45, 2.75) is 6.10 Å². The lowest BCUT2D eigenvalue weighted by atomic mass is 10.1. The summed E-state index contributed by atoms with van der Waals surface area (Å²) in [6.07, 6.45) is 0.551. The molecule has 0 amide bonds. The molecule has 0 aromatic heterocycles. The summed E-state index contributed by atoms with van der Waals surface area (Å²) in [5.74, 6) is -2.03. The fourth-order valence-corrected chi connectivity index (χ4v) is 1.12. The number of aliphatic hydroxyl groups excluding tert-OH is 1. The zero-order chi connectivity index (χ0) is 12.7. The Kier molecular flexibility index (Phi) is 4.90. The number of hydrogen-bond donors (Lipinski definition) is 2. The Hall–Kier alpha value is -2.14. The van der Waals surface area contributed by atoms with Crippen LogP contribution in [0.1, 0.15) is 11.7 Å². The van der Waals surface area contributed by atoms with Gasteiger partial charge in [-0.3, -0.25) is 0 Å². The highest BCUT2D eigenvalue weighted by molar-refractivity contribution is 5.90. The van der Waals surface area contributed by atoms with Gasteiger partial charge in [0, 0.05) is 12.2 Å². The summed E-state index contributed by atoms with van der Waals surface area (Å²) in [6.45, 7) is -0.215. The lowest BCUT2D eigenvalue weighted by Gasteiger charge is -2.10. The summed E-state index contributed by atoms with van der Waals surface area (Å²) in [7, 11) is 0. The molecule has 0 aliphatic carbocycles. The van der Waals surface area contributed by atoms with Crippen LogP contribution >= 0.6 is 0 Å². The van der Waals surface area contributed by atoms with Crippen molar-refractivity contribution in [3.8, 4) is 0 Å². The first kappa shape index (κ1) is 12.9. The highest BCUT2D eigenvalue weighted by atomic mass is 16.5. The number of aliphatic hydroxyl groups is 1. The number of benzene rings is 1. The number of aliphatic carboxylic acids is 1. The lowest BCUT2D eigenvalue weighted by molar-refractivity contribution is -0.141. The lowest BCUT2D eigenvalue weighted by Crippen LogP contribution is -2.11. The van der Waals surface area contributed by atoms with Gasteiger partial charge in [-0.15, -0.1) is 0 Å². The van der Waals surface area contributed by atoms with Crippen LogP contribution in [0.25, 0.3) is 0 Å². The number of carboxylic acid groups (broad SMARTS) is 1. The molecule has 0 fully saturated rings. The number of ether oxygens (including phenoxy) is 1. The average molecular weight is 236 g/mol. The van der Waals surface area contributed by atoms with E-state index in [0.717, 1.165) is 6.08 Å². The zero-order valence-corrected chi connectivity index (χ0v) is 8.95. The van der Waals surface area contributed by atoms with E-state index in [1.165, 1.54) is 0 Å². The van der Waals surface area contributed by atoms with Crippen LogP contribution < -0.4 is 0 Å². The van der Waals surface area contributed by atoms with Crippen molar-refractivity contribution >= 4 is 11.9 Å². The van der Waals surface area contributed by atoms with E-state index >= 15 is 0 Å². The van der Waals surface area contributed by atoms with Crippen molar-refractivity contribution in [2.75, 3.05) is 6.61 Å². The largest absolute Gasteiger partial charge is 0.478 e. The number of carboxylic acids is 1. The van der Waals surface area contributed by atoms with Crippen LogP contribution in [0.2, 0.25) is 0 Å². The van der Waals surface area contributed by atoms with Gasteiger partial charge < -0.3 is 14.9 Å². The molecule has 0 aliphatic heterocycles. The second-order valence-electron chi connectivity index (χ2n) is 3.23. The molecular weight excluding hydrogens is 224 g/mol.